The molecule has 0 unspecified atom stereocenters. The number of aromatic nitrogens is 3. The summed E-state index contributed by atoms with van der Waals surface area (Å²) in [6.45, 7) is 3.88. The molecular weight excluding hydrogens is 288 g/mol. The van der Waals surface area contributed by atoms with E-state index in [0.717, 1.165) is 36.8 Å². The van der Waals surface area contributed by atoms with Crippen molar-refractivity contribution in [1.29, 1.82) is 0 Å². The summed E-state index contributed by atoms with van der Waals surface area (Å²) in [6, 6.07) is 1.82. The minimum atomic E-state index is 0.121. The lowest BCUT2D eigenvalue weighted by Gasteiger charge is -2.44. The van der Waals surface area contributed by atoms with E-state index in [9.17, 15) is 4.79 Å². The van der Waals surface area contributed by atoms with E-state index in [1.807, 2.05) is 17.9 Å². The van der Waals surface area contributed by atoms with E-state index >= 15 is 0 Å². The minimum absolute atomic E-state index is 0.121. The molecule has 122 valence electrons. The van der Waals surface area contributed by atoms with Gasteiger partial charge in [-0.3, -0.25) is 4.79 Å². The molecule has 0 radical (unpaired) electrons. The number of carbonyl (C=O) groups is 1. The summed E-state index contributed by atoms with van der Waals surface area (Å²) in [6.07, 6.45) is 9.34. The van der Waals surface area contributed by atoms with Crippen LogP contribution in [0.5, 0.6) is 0 Å². The van der Waals surface area contributed by atoms with Crippen LogP contribution in [0.4, 0.5) is 0 Å². The second-order valence-electron chi connectivity index (χ2n) is 6.96. The SMILES string of the molecule is CCc1nc2nccc(C(=O)N3CC(C4CCCCC4)C3)c2[nH]1. The monoisotopic (exact) mass is 312 g/mol. The Hall–Kier alpha value is -1.91. The lowest BCUT2D eigenvalue weighted by molar-refractivity contribution is 0.0306. The summed E-state index contributed by atoms with van der Waals surface area (Å²) in [5.41, 5.74) is 2.15. The Morgan fingerprint density at radius 2 is 2.04 bits per heavy atom. The van der Waals surface area contributed by atoms with Gasteiger partial charge in [-0.25, -0.2) is 9.97 Å². The van der Waals surface area contributed by atoms with Crippen molar-refractivity contribution < 1.29 is 4.79 Å². The molecule has 4 rings (SSSR count). The first-order valence-electron chi connectivity index (χ1n) is 8.89. The molecular formula is C18H24N4O. The number of nitrogens with zero attached hydrogens (tertiary/aromatic N) is 3. The van der Waals surface area contributed by atoms with Crippen LogP contribution in [0.1, 0.15) is 55.2 Å². The maximum Gasteiger partial charge on any atom is 0.256 e. The van der Waals surface area contributed by atoms with Gasteiger partial charge in [0.2, 0.25) is 0 Å². The number of rotatable bonds is 3. The Kier molecular flexibility index (Phi) is 3.79. The molecule has 0 spiro atoms. The number of hydrogen-bond donors (Lipinski definition) is 1. The first kappa shape index (κ1) is 14.7. The molecule has 5 heteroatoms. The van der Waals surface area contributed by atoms with Gasteiger partial charge in [0.25, 0.3) is 5.91 Å². The maximum absolute atomic E-state index is 12.8. The minimum Gasteiger partial charge on any atom is -0.340 e. The topological polar surface area (TPSA) is 61.9 Å². The number of imidazole rings is 1. The second-order valence-corrected chi connectivity index (χ2v) is 6.96. The van der Waals surface area contributed by atoms with Crippen molar-refractivity contribution >= 4 is 17.1 Å². The van der Waals surface area contributed by atoms with Gasteiger partial charge >= 0.3 is 0 Å². The molecule has 1 saturated heterocycles. The molecule has 5 nitrogen and oxygen atoms in total. The molecule has 23 heavy (non-hydrogen) atoms. The molecule has 1 saturated carbocycles. The normalized spacial score (nSPS) is 20.0. The standard InChI is InChI=1S/C18H24N4O/c1-2-15-20-16-14(8-9-19-17(16)21-15)18(23)22-10-13(11-22)12-6-4-3-5-7-12/h8-9,12-13H,2-7,10-11H2,1H3,(H,19,20,21). The van der Waals surface area contributed by atoms with Crippen LogP contribution in [0.3, 0.4) is 0 Å². The molecule has 0 bridgehead atoms. The zero-order chi connectivity index (χ0) is 15.8. The molecule has 1 amide bonds. The van der Waals surface area contributed by atoms with Crippen molar-refractivity contribution in [3.05, 3.63) is 23.7 Å². The predicted molar refractivity (Wildman–Crippen MR) is 89.2 cm³/mol. The van der Waals surface area contributed by atoms with Gasteiger partial charge in [-0.2, -0.15) is 0 Å². The van der Waals surface area contributed by atoms with Crippen LogP contribution in [0.2, 0.25) is 0 Å². The van der Waals surface area contributed by atoms with Gasteiger partial charge in [-0.15, -0.1) is 0 Å². The number of H-pyrrole nitrogens is 1. The van der Waals surface area contributed by atoms with E-state index in [2.05, 4.69) is 15.0 Å². The van der Waals surface area contributed by atoms with Crippen molar-refractivity contribution in [2.24, 2.45) is 11.8 Å². The number of pyridine rings is 1. The average Bonchev–Trinajstić information content (AvgIpc) is 2.97. The van der Waals surface area contributed by atoms with Gasteiger partial charge in [0.1, 0.15) is 5.82 Å². The number of hydrogen-bond acceptors (Lipinski definition) is 3. The molecule has 1 aliphatic heterocycles. The number of aromatic amines is 1. The largest absolute Gasteiger partial charge is 0.340 e. The molecule has 1 aliphatic carbocycles. The summed E-state index contributed by atoms with van der Waals surface area (Å²) in [5.74, 6) is 2.56. The van der Waals surface area contributed by atoms with Crippen LogP contribution in [-0.2, 0) is 6.42 Å². The first-order valence-corrected chi connectivity index (χ1v) is 8.89. The third-order valence-electron chi connectivity index (χ3n) is 5.52. The van der Waals surface area contributed by atoms with Crippen molar-refractivity contribution in [1.82, 2.24) is 19.9 Å². The fourth-order valence-electron chi connectivity index (χ4n) is 4.06. The van der Waals surface area contributed by atoms with Crippen LogP contribution in [0.15, 0.2) is 12.3 Å². The highest BCUT2D eigenvalue weighted by Crippen LogP contribution is 2.35. The van der Waals surface area contributed by atoms with E-state index in [4.69, 9.17) is 0 Å². The van der Waals surface area contributed by atoms with Crippen molar-refractivity contribution in [2.75, 3.05) is 13.1 Å². The third kappa shape index (κ3) is 2.62. The summed E-state index contributed by atoms with van der Waals surface area (Å²) < 4.78 is 0. The molecule has 0 atom stereocenters. The number of likely N-dealkylation sites (tertiary alicyclic amines) is 1. The zero-order valence-electron chi connectivity index (χ0n) is 13.7. The number of amides is 1. The average molecular weight is 312 g/mol. The molecule has 0 aromatic carbocycles. The van der Waals surface area contributed by atoms with Gasteiger partial charge in [-0.05, 0) is 17.9 Å². The van der Waals surface area contributed by atoms with Gasteiger partial charge in [0.05, 0.1) is 11.1 Å². The summed E-state index contributed by atoms with van der Waals surface area (Å²) >= 11 is 0. The van der Waals surface area contributed by atoms with E-state index in [1.54, 1.807) is 6.20 Å². The van der Waals surface area contributed by atoms with Crippen LogP contribution in [0, 0.1) is 11.8 Å². The Labute approximate surface area is 136 Å². The van der Waals surface area contributed by atoms with E-state index < -0.39 is 0 Å². The fraction of sp³-hybridized carbons (Fsp3) is 0.611. The van der Waals surface area contributed by atoms with E-state index in [1.165, 1.54) is 32.1 Å². The lowest BCUT2D eigenvalue weighted by Crippen LogP contribution is -2.53. The third-order valence-corrected chi connectivity index (χ3v) is 5.52. The predicted octanol–water partition coefficient (Wildman–Crippen LogP) is 3.17. The highest BCUT2D eigenvalue weighted by molar-refractivity contribution is 6.04. The Bertz CT molecular complexity index is 711. The summed E-state index contributed by atoms with van der Waals surface area (Å²) in [4.78, 5) is 26.8. The number of nitrogens with one attached hydrogen (secondary N) is 1. The molecule has 3 heterocycles. The highest BCUT2D eigenvalue weighted by atomic mass is 16.2. The second kappa shape index (κ2) is 5.95. The zero-order valence-corrected chi connectivity index (χ0v) is 13.7. The highest BCUT2D eigenvalue weighted by Gasteiger charge is 2.37. The molecule has 2 fully saturated rings. The first-order chi connectivity index (χ1) is 11.3. The van der Waals surface area contributed by atoms with Crippen molar-refractivity contribution in [2.45, 2.75) is 45.4 Å². The van der Waals surface area contributed by atoms with Gasteiger partial charge in [0.15, 0.2) is 5.65 Å². The molecule has 2 aromatic rings. The van der Waals surface area contributed by atoms with Crippen molar-refractivity contribution in [3.63, 3.8) is 0 Å². The number of fused-ring (bicyclic) bond motifs is 1. The smallest absolute Gasteiger partial charge is 0.256 e. The fourth-order valence-corrected chi connectivity index (χ4v) is 4.06. The van der Waals surface area contributed by atoms with E-state index in [0.29, 0.717) is 17.1 Å². The molecule has 2 aliphatic rings. The molecule has 2 aromatic heterocycles. The van der Waals surface area contributed by atoms with Gasteiger partial charge in [-0.1, -0.05) is 39.0 Å². The maximum atomic E-state index is 12.8. The van der Waals surface area contributed by atoms with Gasteiger partial charge < -0.3 is 9.88 Å². The summed E-state index contributed by atoms with van der Waals surface area (Å²) in [5, 5.41) is 0. The Morgan fingerprint density at radius 3 is 2.78 bits per heavy atom. The van der Waals surface area contributed by atoms with Crippen LogP contribution < -0.4 is 0 Å². The van der Waals surface area contributed by atoms with Crippen LogP contribution in [-0.4, -0.2) is 38.8 Å². The van der Waals surface area contributed by atoms with Crippen molar-refractivity contribution in [3.8, 4) is 0 Å². The van der Waals surface area contributed by atoms with Crippen LogP contribution in [0.25, 0.3) is 11.2 Å². The molecule has 1 N–H and O–H groups in total. The van der Waals surface area contributed by atoms with Crippen LogP contribution >= 0.6 is 0 Å². The number of carbonyl (C=O) groups excluding carboxylic acids is 1. The Balaban J connectivity index is 1.49. The number of aryl methyl sites for hydroxylation is 1. The lowest BCUT2D eigenvalue weighted by atomic mass is 9.76. The van der Waals surface area contributed by atoms with E-state index in [-0.39, 0.29) is 5.91 Å². The summed E-state index contributed by atoms with van der Waals surface area (Å²) in [7, 11) is 0. The van der Waals surface area contributed by atoms with Gasteiger partial charge in [0, 0.05) is 25.7 Å². The Morgan fingerprint density at radius 1 is 1.26 bits per heavy atom. The quantitative estimate of drug-likeness (QED) is 0.947.